The van der Waals surface area contributed by atoms with Crippen molar-refractivity contribution in [2.24, 2.45) is 5.73 Å². The molecule has 1 rings (SSSR count). The summed E-state index contributed by atoms with van der Waals surface area (Å²) >= 11 is 0. The van der Waals surface area contributed by atoms with Crippen LogP contribution < -0.4 is 5.73 Å². The number of likely N-dealkylation sites (tertiary alicyclic amines) is 1. The molecule has 66 valence electrons. The number of methoxy groups -OCH3 is 1. The highest BCUT2D eigenvalue weighted by Crippen LogP contribution is 2.11. The lowest BCUT2D eigenvalue weighted by Gasteiger charge is -2.14. The molecule has 1 atom stereocenters. The predicted octanol–water partition coefficient (Wildman–Crippen LogP) is 0.0559. The van der Waals surface area contributed by atoms with Crippen LogP contribution in [0.5, 0.6) is 0 Å². The molecule has 0 amide bonds. The number of ether oxygens (including phenoxy) is 1. The number of nitrogens with zero attached hydrogens (tertiary/aromatic N) is 1. The Hall–Kier alpha value is -0.120. The number of rotatable bonds is 4. The highest BCUT2D eigenvalue weighted by molar-refractivity contribution is 4.75. The fourth-order valence-corrected chi connectivity index (χ4v) is 1.51. The van der Waals surface area contributed by atoms with Gasteiger partial charge in [0.15, 0.2) is 0 Å². The van der Waals surface area contributed by atoms with Gasteiger partial charge >= 0.3 is 0 Å². The molecule has 0 spiro atoms. The van der Waals surface area contributed by atoms with Crippen molar-refractivity contribution in [3.63, 3.8) is 0 Å². The van der Waals surface area contributed by atoms with Gasteiger partial charge in [0, 0.05) is 20.2 Å². The van der Waals surface area contributed by atoms with Crippen molar-refractivity contribution in [3.8, 4) is 0 Å². The minimum absolute atomic E-state index is 0.466. The minimum Gasteiger partial charge on any atom is -0.380 e. The molecule has 3 nitrogen and oxygen atoms in total. The summed E-state index contributed by atoms with van der Waals surface area (Å²) in [6.45, 7) is 4.21. The van der Waals surface area contributed by atoms with Gasteiger partial charge in [-0.3, -0.25) is 0 Å². The van der Waals surface area contributed by atoms with Crippen molar-refractivity contribution in [2.75, 3.05) is 33.3 Å². The molecule has 0 saturated carbocycles. The highest BCUT2D eigenvalue weighted by Gasteiger charge is 2.20. The maximum atomic E-state index is 5.42. The zero-order valence-corrected chi connectivity index (χ0v) is 7.25. The lowest BCUT2D eigenvalue weighted by atomic mass is 10.3. The van der Waals surface area contributed by atoms with Gasteiger partial charge in [-0.1, -0.05) is 0 Å². The third-order valence-corrected chi connectivity index (χ3v) is 2.24. The molecular formula is C8H18N2O. The van der Waals surface area contributed by atoms with Gasteiger partial charge in [0.05, 0.1) is 6.10 Å². The Labute approximate surface area is 68.5 Å². The first-order valence-corrected chi connectivity index (χ1v) is 4.32. The first-order chi connectivity index (χ1) is 5.36. The fourth-order valence-electron chi connectivity index (χ4n) is 1.51. The summed E-state index contributed by atoms with van der Waals surface area (Å²) in [6, 6.07) is 0. The second-order valence-electron chi connectivity index (χ2n) is 3.09. The summed E-state index contributed by atoms with van der Waals surface area (Å²) in [5, 5.41) is 0. The summed E-state index contributed by atoms with van der Waals surface area (Å²) in [4.78, 5) is 2.42. The molecule has 11 heavy (non-hydrogen) atoms. The lowest BCUT2D eigenvalue weighted by Crippen LogP contribution is -2.25. The number of hydrogen-bond acceptors (Lipinski definition) is 3. The Morgan fingerprint density at radius 1 is 1.64 bits per heavy atom. The van der Waals surface area contributed by atoms with Crippen LogP contribution in [0.4, 0.5) is 0 Å². The van der Waals surface area contributed by atoms with E-state index in [4.69, 9.17) is 10.5 Å². The Balaban J connectivity index is 2.09. The largest absolute Gasteiger partial charge is 0.380 e. The van der Waals surface area contributed by atoms with E-state index in [1.807, 2.05) is 0 Å². The standard InChI is InChI=1S/C8H18N2O/c1-11-8-3-6-10(7-8)5-2-4-9/h8H,2-7,9H2,1H3. The van der Waals surface area contributed by atoms with E-state index in [-0.39, 0.29) is 0 Å². The third-order valence-electron chi connectivity index (χ3n) is 2.24. The summed E-state index contributed by atoms with van der Waals surface area (Å²) < 4.78 is 5.25. The smallest absolute Gasteiger partial charge is 0.0710 e. The van der Waals surface area contributed by atoms with Crippen LogP contribution in [0.3, 0.4) is 0 Å². The summed E-state index contributed by atoms with van der Waals surface area (Å²) in [7, 11) is 1.79. The van der Waals surface area contributed by atoms with Gasteiger partial charge in [-0.2, -0.15) is 0 Å². The van der Waals surface area contributed by atoms with Crippen LogP contribution >= 0.6 is 0 Å². The van der Waals surface area contributed by atoms with E-state index in [2.05, 4.69) is 4.90 Å². The van der Waals surface area contributed by atoms with Crippen LogP contribution in [0.15, 0.2) is 0 Å². The molecule has 0 aromatic carbocycles. The molecule has 1 fully saturated rings. The second-order valence-corrected chi connectivity index (χ2v) is 3.09. The van der Waals surface area contributed by atoms with Gasteiger partial charge in [-0.15, -0.1) is 0 Å². The van der Waals surface area contributed by atoms with E-state index in [9.17, 15) is 0 Å². The number of nitrogens with two attached hydrogens (primary N) is 1. The van der Waals surface area contributed by atoms with Crippen molar-refractivity contribution < 1.29 is 4.74 Å². The summed E-state index contributed by atoms with van der Waals surface area (Å²) in [5.41, 5.74) is 5.42. The van der Waals surface area contributed by atoms with E-state index in [0.717, 1.165) is 26.1 Å². The van der Waals surface area contributed by atoms with Gasteiger partial charge in [-0.25, -0.2) is 0 Å². The molecule has 1 aliphatic heterocycles. The van der Waals surface area contributed by atoms with Gasteiger partial charge in [-0.05, 0) is 25.9 Å². The average Bonchev–Trinajstić information content (AvgIpc) is 2.48. The molecule has 0 radical (unpaired) electrons. The van der Waals surface area contributed by atoms with Crippen molar-refractivity contribution in [2.45, 2.75) is 18.9 Å². The summed E-state index contributed by atoms with van der Waals surface area (Å²) in [6.07, 6.45) is 2.75. The van der Waals surface area contributed by atoms with Crippen molar-refractivity contribution >= 4 is 0 Å². The Kier molecular flexibility index (Phi) is 3.83. The molecule has 3 heteroatoms. The molecule has 1 heterocycles. The maximum absolute atomic E-state index is 5.42. The Bertz CT molecular complexity index is 108. The second kappa shape index (κ2) is 4.70. The van der Waals surface area contributed by atoms with E-state index < -0.39 is 0 Å². The highest BCUT2D eigenvalue weighted by atomic mass is 16.5. The van der Waals surface area contributed by atoms with Crippen LogP contribution in [-0.2, 0) is 4.74 Å². The van der Waals surface area contributed by atoms with E-state index >= 15 is 0 Å². The quantitative estimate of drug-likeness (QED) is 0.628. The van der Waals surface area contributed by atoms with E-state index in [1.54, 1.807) is 7.11 Å². The molecule has 0 bridgehead atoms. The molecule has 2 N–H and O–H groups in total. The first-order valence-electron chi connectivity index (χ1n) is 4.32. The summed E-state index contributed by atoms with van der Waals surface area (Å²) in [5.74, 6) is 0. The molecule has 1 aliphatic rings. The monoisotopic (exact) mass is 158 g/mol. The van der Waals surface area contributed by atoms with Crippen LogP contribution in [-0.4, -0.2) is 44.3 Å². The van der Waals surface area contributed by atoms with Gasteiger partial charge in [0.1, 0.15) is 0 Å². The average molecular weight is 158 g/mol. The SMILES string of the molecule is COC1CCN(CCCN)C1. The zero-order valence-electron chi connectivity index (χ0n) is 7.25. The predicted molar refractivity (Wildman–Crippen MR) is 45.5 cm³/mol. The van der Waals surface area contributed by atoms with Crippen molar-refractivity contribution in [1.29, 1.82) is 0 Å². The molecule has 1 saturated heterocycles. The van der Waals surface area contributed by atoms with Gasteiger partial charge < -0.3 is 15.4 Å². The third kappa shape index (κ3) is 2.77. The van der Waals surface area contributed by atoms with Crippen molar-refractivity contribution in [1.82, 2.24) is 4.90 Å². The van der Waals surface area contributed by atoms with Crippen LogP contribution in [0.25, 0.3) is 0 Å². The van der Waals surface area contributed by atoms with E-state index in [1.165, 1.54) is 13.0 Å². The van der Waals surface area contributed by atoms with E-state index in [0.29, 0.717) is 6.10 Å². The van der Waals surface area contributed by atoms with Gasteiger partial charge in [0.2, 0.25) is 0 Å². The first kappa shape index (κ1) is 8.97. The Morgan fingerprint density at radius 3 is 3.00 bits per heavy atom. The topological polar surface area (TPSA) is 38.5 Å². The molecule has 1 unspecified atom stereocenters. The Morgan fingerprint density at radius 2 is 2.45 bits per heavy atom. The molecule has 0 aliphatic carbocycles. The van der Waals surface area contributed by atoms with Crippen molar-refractivity contribution in [3.05, 3.63) is 0 Å². The zero-order chi connectivity index (χ0) is 8.10. The van der Waals surface area contributed by atoms with Crippen LogP contribution in [0.2, 0.25) is 0 Å². The molecular weight excluding hydrogens is 140 g/mol. The number of hydrogen-bond donors (Lipinski definition) is 1. The molecule has 0 aromatic heterocycles. The maximum Gasteiger partial charge on any atom is 0.0710 e. The molecule has 0 aromatic rings. The lowest BCUT2D eigenvalue weighted by molar-refractivity contribution is 0.108. The fraction of sp³-hybridized carbons (Fsp3) is 1.00. The van der Waals surface area contributed by atoms with Crippen LogP contribution in [0, 0.1) is 0 Å². The minimum atomic E-state index is 0.466. The van der Waals surface area contributed by atoms with Gasteiger partial charge in [0.25, 0.3) is 0 Å². The normalized spacial score (nSPS) is 26.2. The van der Waals surface area contributed by atoms with Crippen LogP contribution in [0.1, 0.15) is 12.8 Å².